The topological polar surface area (TPSA) is 139 Å². The molecule has 0 spiro atoms. The van der Waals surface area contributed by atoms with Crippen LogP contribution in [0.2, 0.25) is 0 Å². The summed E-state index contributed by atoms with van der Waals surface area (Å²) in [5, 5.41) is 4.74. The molecule has 0 aromatic heterocycles. The molecule has 0 fully saturated rings. The van der Waals surface area contributed by atoms with Crippen LogP contribution in [0.1, 0.15) is 22.8 Å². The molecule has 2 atom stereocenters. The molecule has 1 unspecified atom stereocenters. The Bertz CT molecular complexity index is 1930. The first-order valence-electron chi connectivity index (χ1n) is 14.1. The SMILES string of the molecule is CNC(C)(C(N)=O)[C@@H]1CN(C(=O)c2ccc(S(C)(=O)=O)cc2)c2ccccc2N(Cc2c(OC)ccc3cc(Br)ccc23)C1=O. The summed E-state index contributed by atoms with van der Waals surface area (Å²) in [6, 6.07) is 22.2. The van der Waals surface area contributed by atoms with E-state index in [0.717, 1.165) is 27.1 Å². The highest BCUT2D eigenvalue weighted by Gasteiger charge is 2.49. The minimum absolute atomic E-state index is 0.0676. The van der Waals surface area contributed by atoms with Crippen molar-refractivity contribution in [3.05, 3.63) is 94.5 Å². The highest BCUT2D eigenvalue weighted by Crippen LogP contribution is 2.40. The number of carbonyl (C=O) groups is 3. The van der Waals surface area contributed by atoms with Gasteiger partial charge < -0.3 is 25.6 Å². The van der Waals surface area contributed by atoms with Gasteiger partial charge in [0.05, 0.1) is 35.8 Å². The molecule has 0 radical (unpaired) electrons. The highest BCUT2D eigenvalue weighted by molar-refractivity contribution is 9.10. The van der Waals surface area contributed by atoms with Crippen LogP contribution in [0.5, 0.6) is 5.75 Å². The van der Waals surface area contributed by atoms with Gasteiger partial charge in [0, 0.05) is 28.4 Å². The lowest BCUT2D eigenvalue weighted by atomic mass is 9.83. The fourth-order valence-corrected chi connectivity index (χ4v) is 6.71. The van der Waals surface area contributed by atoms with Gasteiger partial charge in [-0.05, 0) is 79.3 Å². The van der Waals surface area contributed by atoms with Gasteiger partial charge in [-0.3, -0.25) is 14.4 Å². The van der Waals surface area contributed by atoms with Gasteiger partial charge in [0.2, 0.25) is 11.8 Å². The Morgan fingerprint density at radius 2 is 1.71 bits per heavy atom. The molecule has 1 aliphatic rings. The quantitative estimate of drug-likeness (QED) is 0.281. The van der Waals surface area contributed by atoms with Gasteiger partial charge in [0.15, 0.2) is 9.84 Å². The lowest BCUT2D eigenvalue weighted by Gasteiger charge is -2.36. The first kappa shape index (κ1) is 32.1. The zero-order valence-electron chi connectivity index (χ0n) is 25.2. The van der Waals surface area contributed by atoms with E-state index in [0.29, 0.717) is 17.1 Å². The summed E-state index contributed by atoms with van der Waals surface area (Å²) in [6.07, 6.45) is 1.09. The third kappa shape index (κ3) is 5.92. The first-order valence-corrected chi connectivity index (χ1v) is 16.7. The molecule has 3 amide bonds. The molecule has 3 N–H and O–H groups in total. The second-order valence-corrected chi connectivity index (χ2v) is 14.0. The van der Waals surface area contributed by atoms with E-state index in [4.69, 9.17) is 10.5 Å². The van der Waals surface area contributed by atoms with E-state index < -0.39 is 39.0 Å². The number of nitrogens with two attached hydrogens (primary N) is 1. The number of methoxy groups -OCH3 is 1. The maximum Gasteiger partial charge on any atom is 0.258 e. The summed E-state index contributed by atoms with van der Waals surface area (Å²) in [6.45, 7) is 1.43. The number of amides is 3. The number of halogens is 1. The number of likely N-dealkylation sites (N-methyl/N-ethyl adjacent to an activating group) is 1. The van der Waals surface area contributed by atoms with Crippen molar-refractivity contribution in [1.82, 2.24) is 5.32 Å². The van der Waals surface area contributed by atoms with Crippen LogP contribution < -0.4 is 25.6 Å². The normalized spacial score (nSPS) is 16.6. The van der Waals surface area contributed by atoms with Crippen molar-refractivity contribution in [3.8, 4) is 5.75 Å². The van der Waals surface area contributed by atoms with Crippen LogP contribution in [0, 0.1) is 5.92 Å². The molecule has 4 aromatic carbocycles. The second-order valence-electron chi connectivity index (χ2n) is 11.1. The number of rotatable bonds is 8. The molecular formula is C33H33BrN4O6S. The third-order valence-electron chi connectivity index (χ3n) is 8.48. The lowest BCUT2D eigenvalue weighted by Crippen LogP contribution is -2.63. The Morgan fingerprint density at radius 1 is 1.04 bits per heavy atom. The average molecular weight is 694 g/mol. The number of hydrogen-bond acceptors (Lipinski definition) is 7. The number of ether oxygens (including phenoxy) is 1. The first-order chi connectivity index (χ1) is 21.3. The van der Waals surface area contributed by atoms with Crippen molar-refractivity contribution in [3.63, 3.8) is 0 Å². The predicted molar refractivity (Wildman–Crippen MR) is 177 cm³/mol. The van der Waals surface area contributed by atoms with Crippen LogP contribution in [0.25, 0.3) is 10.8 Å². The molecule has 5 rings (SSSR count). The van der Waals surface area contributed by atoms with Crippen LogP contribution in [-0.2, 0) is 26.0 Å². The second kappa shape index (κ2) is 12.3. The predicted octanol–water partition coefficient (Wildman–Crippen LogP) is 4.29. The fourth-order valence-electron chi connectivity index (χ4n) is 5.70. The zero-order chi connectivity index (χ0) is 32.7. The maximum atomic E-state index is 14.7. The van der Waals surface area contributed by atoms with E-state index >= 15 is 0 Å². The standard InChI is InChI=1S/C33H33BrN4O6S/c1-33(36-2,32(35)41)26-19-38(30(39)20-9-13-23(14-10-20)45(4,42)43)28-8-6-5-7-27(28)37(31(26)40)18-25-24-15-12-22(34)17-21(24)11-16-29(25)44-3/h5-17,26,36H,18-19H2,1-4H3,(H2,35,41)/t26-,33?/m1/s1. The van der Waals surface area contributed by atoms with Crippen LogP contribution >= 0.6 is 15.9 Å². The van der Waals surface area contributed by atoms with E-state index in [2.05, 4.69) is 21.2 Å². The van der Waals surface area contributed by atoms with E-state index in [1.54, 1.807) is 50.2 Å². The minimum atomic E-state index is -3.48. The summed E-state index contributed by atoms with van der Waals surface area (Å²) >= 11 is 3.52. The number of benzene rings is 4. The van der Waals surface area contributed by atoms with Crippen LogP contribution in [0.4, 0.5) is 11.4 Å². The molecule has 12 heteroatoms. The molecule has 1 heterocycles. The van der Waals surface area contributed by atoms with Crippen molar-refractivity contribution >= 4 is 65.6 Å². The summed E-state index contributed by atoms with van der Waals surface area (Å²) in [5.74, 6) is -2.19. The molecular weight excluding hydrogens is 660 g/mol. The number of primary amides is 1. The average Bonchev–Trinajstić information content (AvgIpc) is 3.14. The van der Waals surface area contributed by atoms with Gasteiger partial charge in [-0.25, -0.2) is 8.42 Å². The number of fused-ring (bicyclic) bond motifs is 2. The van der Waals surface area contributed by atoms with Crippen LogP contribution in [0.15, 0.2) is 88.2 Å². The largest absolute Gasteiger partial charge is 0.496 e. The summed E-state index contributed by atoms with van der Waals surface area (Å²) in [7, 11) is -0.378. The minimum Gasteiger partial charge on any atom is -0.496 e. The number of nitrogens with one attached hydrogen (secondary N) is 1. The van der Waals surface area contributed by atoms with Crippen LogP contribution in [0.3, 0.4) is 0 Å². The molecule has 45 heavy (non-hydrogen) atoms. The van der Waals surface area contributed by atoms with Gasteiger partial charge in [-0.15, -0.1) is 0 Å². The van der Waals surface area contributed by atoms with E-state index in [1.165, 1.54) is 29.2 Å². The Morgan fingerprint density at radius 3 is 2.31 bits per heavy atom. The van der Waals surface area contributed by atoms with Crippen molar-refractivity contribution in [2.75, 3.05) is 36.8 Å². The van der Waals surface area contributed by atoms with Gasteiger partial charge in [-0.2, -0.15) is 0 Å². The molecule has 1 aliphatic heterocycles. The Labute approximate surface area is 270 Å². The van der Waals surface area contributed by atoms with Crippen LogP contribution in [-0.4, -0.2) is 58.6 Å². The summed E-state index contributed by atoms with van der Waals surface area (Å²) in [4.78, 5) is 44.9. The van der Waals surface area contributed by atoms with Gasteiger partial charge >= 0.3 is 0 Å². The highest BCUT2D eigenvalue weighted by atomic mass is 79.9. The van der Waals surface area contributed by atoms with Gasteiger partial charge in [0.25, 0.3) is 5.91 Å². The number of hydrogen-bond donors (Lipinski definition) is 2. The number of nitrogens with zero attached hydrogens (tertiary/aromatic N) is 2. The Balaban J connectivity index is 1.70. The Kier molecular flexibility index (Phi) is 8.76. The molecule has 0 bridgehead atoms. The number of carbonyl (C=O) groups excluding carboxylic acids is 3. The molecule has 0 saturated carbocycles. The number of sulfone groups is 1. The molecule has 234 valence electrons. The van der Waals surface area contributed by atoms with E-state index in [1.807, 2.05) is 30.3 Å². The molecule has 0 aliphatic carbocycles. The third-order valence-corrected chi connectivity index (χ3v) is 10.1. The molecule has 0 saturated heterocycles. The summed E-state index contributed by atoms with van der Waals surface area (Å²) in [5.41, 5.74) is 6.20. The van der Waals surface area contributed by atoms with Crippen molar-refractivity contribution in [1.29, 1.82) is 0 Å². The monoisotopic (exact) mass is 692 g/mol. The molecule has 10 nitrogen and oxygen atoms in total. The lowest BCUT2D eigenvalue weighted by molar-refractivity contribution is -0.133. The zero-order valence-corrected chi connectivity index (χ0v) is 27.6. The molecule has 4 aromatic rings. The van der Waals surface area contributed by atoms with Gasteiger partial charge in [0.1, 0.15) is 11.3 Å². The Hall–Kier alpha value is -4.26. The van der Waals surface area contributed by atoms with Crippen molar-refractivity contribution < 1.29 is 27.5 Å². The van der Waals surface area contributed by atoms with Crippen molar-refractivity contribution in [2.24, 2.45) is 11.7 Å². The van der Waals surface area contributed by atoms with Crippen molar-refractivity contribution in [2.45, 2.75) is 23.9 Å². The summed E-state index contributed by atoms with van der Waals surface area (Å²) < 4.78 is 30.7. The number of para-hydroxylation sites is 2. The van der Waals surface area contributed by atoms with Gasteiger partial charge in [-0.1, -0.05) is 40.2 Å². The number of anilines is 2. The fraction of sp³-hybridized carbons (Fsp3) is 0.242. The smallest absolute Gasteiger partial charge is 0.258 e. The van der Waals surface area contributed by atoms with E-state index in [9.17, 15) is 22.8 Å². The maximum absolute atomic E-state index is 14.7. The van der Waals surface area contributed by atoms with E-state index in [-0.39, 0.29) is 23.5 Å².